The third kappa shape index (κ3) is 1.98. The monoisotopic (exact) mass is 196 g/mol. The standard InChI is InChI=1S/C4H9N2O3PS/c1-3-2-6(4(5)11-3)10(7,8)9/h2,4H,5H2,1H3,(H2,7,8,9). The quantitative estimate of drug-likeness (QED) is 0.520. The van der Waals surface area contributed by atoms with Crippen LogP contribution in [0.15, 0.2) is 11.1 Å². The number of rotatable bonds is 1. The van der Waals surface area contributed by atoms with Gasteiger partial charge < -0.3 is 15.5 Å². The van der Waals surface area contributed by atoms with Crippen LogP contribution in [-0.2, 0) is 4.57 Å². The highest BCUT2D eigenvalue weighted by Crippen LogP contribution is 2.48. The zero-order valence-electron chi connectivity index (χ0n) is 5.84. The van der Waals surface area contributed by atoms with Gasteiger partial charge in [-0.05, 0) is 6.92 Å². The van der Waals surface area contributed by atoms with Gasteiger partial charge in [0.1, 0.15) is 5.50 Å². The molecule has 0 amide bonds. The molecule has 7 heteroatoms. The van der Waals surface area contributed by atoms with E-state index in [9.17, 15) is 4.57 Å². The molecule has 11 heavy (non-hydrogen) atoms. The normalized spacial score (nSPS) is 25.6. The van der Waals surface area contributed by atoms with E-state index in [1.54, 1.807) is 6.92 Å². The largest absolute Gasteiger partial charge is 0.431 e. The maximum Gasteiger partial charge on any atom is 0.431 e. The summed E-state index contributed by atoms with van der Waals surface area (Å²) in [5, 5.41) is 0. The van der Waals surface area contributed by atoms with Crippen LogP contribution in [0.1, 0.15) is 6.92 Å². The predicted molar refractivity (Wildman–Crippen MR) is 43.2 cm³/mol. The van der Waals surface area contributed by atoms with Crippen molar-refractivity contribution in [1.29, 1.82) is 0 Å². The van der Waals surface area contributed by atoms with Gasteiger partial charge in [-0.1, -0.05) is 11.8 Å². The average molecular weight is 196 g/mol. The van der Waals surface area contributed by atoms with Gasteiger partial charge in [0.25, 0.3) is 0 Å². The summed E-state index contributed by atoms with van der Waals surface area (Å²) in [6.45, 7) is 1.75. The minimum absolute atomic E-state index is 0.657. The maximum absolute atomic E-state index is 10.7. The van der Waals surface area contributed by atoms with Crippen LogP contribution in [0, 0.1) is 0 Å². The number of thioether (sulfide) groups is 1. The SMILES string of the molecule is CC1=CN(P(=O)(O)O)C(N)S1. The second kappa shape index (κ2) is 2.80. The smallest absolute Gasteiger partial charge is 0.308 e. The molecule has 1 unspecified atom stereocenters. The third-order valence-electron chi connectivity index (χ3n) is 1.18. The summed E-state index contributed by atoms with van der Waals surface area (Å²) < 4.78 is 11.5. The third-order valence-corrected chi connectivity index (χ3v) is 3.25. The topological polar surface area (TPSA) is 86.8 Å². The van der Waals surface area contributed by atoms with Crippen LogP contribution < -0.4 is 5.73 Å². The number of hydrogen-bond donors (Lipinski definition) is 3. The molecule has 1 aliphatic rings. The van der Waals surface area contributed by atoms with Crippen molar-refractivity contribution < 1.29 is 14.4 Å². The minimum Gasteiger partial charge on any atom is -0.308 e. The second-order valence-electron chi connectivity index (χ2n) is 2.14. The molecule has 0 saturated heterocycles. The highest BCUT2D eigenvalue weighted by atomic mass is 32.2. The van der Waals surface area contributed by atoms with Crippen LogP contribution >= 0.6 is 19.5 Å². The van der Waals surface area contributed by atoms with Crippen molar-refractivity contribution in [2.24, 2.45) is 5.73 Å². The lowest BCUT2D eigenvalue weighted by Crippen LogP contribution is -2.29. The highest BCUT2D eigenvalue weighted by Gasteiger charge is 2.32. The van der Waals surface area contributed by atoms with E-state index in [2.05, 4.69) is 0 Å². The number of nitrogens with two attached hydrogens (primary N) is 1. The Bertz CT molecular complexity index is 237. The molecule has 0 spiro atoms. The van der Waals surface area contributed by atoms with Crippen LogP contribution in [0.3, 0.4) is 0 Å². The van der Waals surface area contributed by atoms with Gasteiger partial charge in [0.05, 0.1) is 0 Å². The highest BCUT2D eigenvalue weighted by molar-refractivity contribution is 8.04. The summed E-state index contributed by atoms with van der Waals surface area (Å²) in [6, 6.07) is 0. The average Bonchev–Trinajstić information content (AvgIpc) is 2.08. The Kier molecular flexibility index (Phi) is 2.32. The van der Waals surface area contributed by atoms with Gasteiger partial charge in [0.15, 0.2) is 0 Å². The van der Waals surface area contributed by atoms with Gasteiger partial charge >= 0.3 is 7.75 Å². The number of hydrogen-bond acceptors (Lipinski definition) is 3. The summed E-state index contributed by atoms with van der Waals surface area (Å²) in [5.74, 6) is 0. The Hall–Kier alpha value is 0. The summed E-state index contributed by atoms with van der Waals surface area (Å²) in [4.78, 5) is 18.2. The van der Waals surface area contributed by atoms with Gasteiger partial charge in [-0.3, -0.25) is 4.67 Å². The molecule has 5 nitrogen and oxygen atoms in total. The fraction of sp³-hybridized carbons (Fsp3) is 0.500. The minimum atomic E-state index is -4.20. The molecule has 0 saturated carbocycles. The van der Waals surface area contributed by atoms with Crippen molar-refractivity contribution in [3.8, 4) is 0 Å². The van der Waals surface area contributed by atoms with Crippen molar-refractivity contribution in [2.45, 2.75) is 12.4 Å². The van der Waals surface area contributed by atoms with Gasteiger partial charge in [-0.2, -0.15) is 0 Å². The molecule has 0 fully saturated rings. The van der Waals surface area contributed by atoms with E-state index in [0.29, 0.717) is 0 Å². The molecule has 64 valence electrons. The molecule has 0 aromatic carbocycles. The first kappa shape index (κ1) is 9.09. The van der Waals surface area contributed by atoms with Crippen molar-refractivity contribution in [2.75, 3.05) is 0 Å². The Morgan fingerprint density at radius 2 is 2.36 bits per heavy atom. The molecule has 0 bridgehead atoms. The lowest BCUT2D eigenvalue weighted by Gasteiger charge is -2.20. The Labute approximate surface area is 68.5 Å². The fourth-order valence-corrected chi connectivity index (χ4v) is 2.69. The molecular formula is C4H9N2O3PS. The van der Waals surface area contributed by atoms with Gasteiger partial charge in [-0.25, -0.2) is 4.57 Å². The van der Waals surface area contributed by atoms with E-state index in [0.717, 1.165) is 9.58 Å². The van der Waals surface area contributed by atoms with Crippen LogP contribution in [0.25, 0.3) is 0 Å². The molecule has 0 aliphatic carbocycles. The lowest BCUT2D eigenvalue weighted by atomic mass is 10.7. The zero-order chi connectivity index (χ0) is 8.65. The fourth-order valence-electron chi connectivity index (χ4n) is 0.758. The van der Waals surface area contributed by atoms with Crippen molar-refractivity contribution >= 4 is 19.5 Å². The summed E-state index contributed by atoms with van der Waals surface area (Å²) in [6.07, 6.45) is 1.37. The van der Waals surface area contributed by atoms with E-state index in [1.165, 1.54) is 18.0 Å². The van der Waals surface area contributed by atoms with E-state index >= 15 is 0 Å². The first-order chi connectivity index (χ1) is 4.91. The van der Waals surface area contributed by atoms with E-state index in [1.807, 2.05) is 0 Å². The van der Waals surface area contributed by atoms with Crippen molar-refractivity contribution in [1.82, 2.24) is 4.67 Å². The van der Waals surface area contributed by atoms with Crippen LogP contribution in [0.2, 0.25) is 0 Å². The van der Waals surface area contributed by atoms with Gasteiger partial charge in [-0.15, -0.1) is 0 Å². The van der Waals surface area contributed by atoms with Crippen LogP contribution in [0.4, 0.5) is 0 Å². The summed E-state index contributed by atoms with van der Waals surface area (Å²) in [7, 11) is -4.20. The van der Waals surface area contributed by atoms with E-state index in [4.69, 9.17) is 15.5 Å². The molecule has 0 aromatic heterocycles. The first-order valence-electron chi connectivity index (χ1n) is 2.86. The molecule has 0 radical (unpaired) electrons. The van der Waals surface area contributed by atoms with Crippen LogP contribution in [-0.4, -0.2) is 20.0 Å². The lowest BCUT2D eigenvalue weighted by molar-refractivity contribution is 0.302. The Morgan fingerprint density at radius 3 is 2.55 bits per heavy atom. The van der Waals surface area contributed by atoms with Crippen molar-refractivity contribution in [3.63, 3.8) is 0 Å². The molecule has 1 rings (SSSR count). The number of nitrogens with zero attached hydrogens (tertiary/aromatic N) is 1. The van der Waals surface area contributed by atoms with Crippen molar-refractivity contribution in [3.05, 3.63) is 11.1 Å². The molecule has 1 aliphatic heterocycles. The predicted octanol–water partition coefficient (Wildman–Crippen LogP) is 0.232. The zero-order valence-corrected chi connectivity index (χ0v) is 7.55. The van der Waals surface area contributed by atoms with Gasteiger partial charge in [0, 0.05) is 11.1 Å². The first-order valence-corrected chi connectivity index (χ1v) is 5.31. The van der Waals surface area contributed by atoms with Gasteiger partial charge in [0.2, 0.25) is 0 Å². The van der Waals surface area contributed by atoms with Crippen LogP contribution in [0.5, 0.6) is 0 Å². The molecule has 0 aromatic rings. The molecular weight excluding hydrogens is 187 g/mol. The molecule has 1 atom stereocenters. The van der Waals surface area contributed by atoms with E-state index in [-0.39, 0.29) is 0 Å². The maximum atomic E-state index is 10.7. The Morgan fingerprint density at radius 1 is 1.82 bits per heavy atom. The Balaban J connectivity index is 2.82. The summed E-state index contributed by atoms with van der Waals surface area (Å²) in [5.41, 5.74) is 4.74. The summed E-state index contributed by atoms with van der Waals surface area (Å²) >= 11 is 1.23. The van der Waals surface area contributed by atoms with E-state index < -0.39 is 13.2 Å². The second-order valence-corrected chi connectivity index (χ2v) is 4.99. The number of allylic oxidation sites excluding steroid dienone is 1. The molecule has 1 heterocycles. The molecule has 4 N–H and O–H groups in total.